The maximum absolute atomic E-state index is 15.7. The van der Waals surface area contributed by atoms with Gasteiger partial charge in [-0.3, -0.25) is 4.79 Å². The van der Waals surface area contributed by atoms with Crippen molar-refractivity contribution in [3.63, 3.8) is 0 Å². The van der Waals surface area contributed by atoms with E-state index in [1.54, 1.807) is 48.7 Å². The van der Waals surface area contributed by atoms with Crippen LogP contribution in [0.15, 0.2) is 97.2 Å². The number of pyridine rings is 1. The fraction of sp³-hybridized carbons (Fsp3) is 0.188. The van der Waals surface area contributed by atoms with Crippen molar-refractivity contribution >= 4 is 23.7 Å². The van der Waals surface area contributed by atoms with Crippen LogP contribution in [0.2, 0.25) is 0 Å². The van der Waals surface area contributed by atoms with E-state index in [0.717, 1.165) is 5.82 Å². The molecule has 0 aliphatic rings. The monoisotopic (exact) mass is 625 g/mol. The third-order valence-corrected chi connectivity index (χ3v) is 6.28. The molecule has 0 bridgehead atoms. The first-order chi connectivity index (χ1) is 21.6. The van der Waals surface area contributed by atoms with Gasteiger partial charge < -0.3 is 15.4 Å². The molecular formula is C32H27F4N3O6. The van der Waals surface area contributed by atoms with Crippen LogP contribution >= 0.6 is 0 Å². The Kier molecular flexibility index (Phi) is 11.0. The standard InChI is InChI=1S/C32H27F4N3O6/c33-29-24(21-8-2-1-3-9-21)10-6-11-25(29)26(20-28(40)44-45-31(42)32(34,35)36)39-30(41)22-13-15-23(16-14-22)43-19-7-18-38-27-12-4-5-17-37-27/h1-6,8-17,26H,7,18-20H2,(H,37,38)(H,39,41). The van der Waals surface area contributed by atoms with Crippen LogP contribution < -0.4 is 15.4 Å². The van der Waals surface area contributed by atoms with E-state index >= 15 is 4.39 Å². The highest BCUT2D eigenvalue weighted by Gasteiger charge is 2.43. The summed E-state index contributed by atoms with van der Waals surface area (Å²) >= 11 is 0. The molecule has 4 rings (SSSR count). The van der Waals surface area contributed by atoms with Crippen LogP contribution in [-0.2, 0) is 19.4 Å². The Morgan fingerprint density at radius 1 is 0.844 bits per heavy atom. The number of rotatable bonds is 12. The smallest absolute Gasteiger partial charge is 0.494 e. The minimum absolute atomic E-state index is 0.126. The van der Waals surface area contributed by atoms with Crippen molar-refractivity contribution < 1.29 is 46.5 Å². The molecule has 1 heterocycles. The minimum atomic E-state index is -5.41. The topological polar surface area (TPSA) is 116 Å². The SMILES string of the molecule is O=C(CC(NC(=O)c1ccc(OCCCNc2ccccn2)cc1)c1cccc(-c2ccccc2)c1F)OOC(=O)C(F)(F)F. The molecule has 0 spiro atoms. The number of hydrogen-bond acceptors (Lipinski definition) is 8. The van der Waals surface area contributed by atoms with Crippen molar-refractivity contribution in [3.05, 3.63) is 114 Å². The molecule has 0 saturated heterocycles. The zero-order chi connectivity index (χ0) is 32.2. The highest BCUT2D eigenvalue weighted by atomic mass is 19.4. The third-order valence-electron chi connectivity index (χ3n) is 6.28. The van der Waals surface area contributed by atoms with E-state index in [9.17, 15) is 27.6 Å². The van der Waals surface area contributed by atoms with Gasteiger partial charge in [0.1, 0.15) is 17.4 Å². The predicted molar refractivity (Wildman–Crippen MR) is 154 cm³/mol. The lowest BCUT2D eigenvalue weighted by atomic mass is 9.96. The summed E-state index contributed by atoms with van der Waals surface area (Å²) in [5.74, 6) is -4.48. The second-order valence-corrected chi connectivity index (χ2v) is 9.50. The van der Waals surface area contributed by atoms with E-state index in [-0.39, 0.29) is 16.7 Å². The molecule has 1 amide bonds. The molecule has 0 saturated carbocycles. The molecule has 2 N–H and O–H groups in total. The molecule has 1 aromatic heterocycles. The fourth-order valence-electron chi connectivity index (χ4n) is 4.12. The van der Waals surface area contributed by atoms with Crippen molar-refractivity contribution in [2.75, 3.05) is 18.5 Å². The number of ether oxygens (including phenoxy) is 1. The number of nitrogens with zero attached hydrogens (tertiary/aromatic N) is 1. The molecule has 1 atom stereocenters. The molecule has 0 fully saturated rings. The van der Waals surface area contributed by atoms with Gasteiger partial charge in [-0.2, -0.15) is 13.2 Å². The van der Waals surface area contributed by atoms with E-state index in [0.29, 0.717) is 30.9 Å². The van der Waals surface area contributed by atoms with Crippen LogP contribution in [0.4, 0.5) is 23.4 Å². The van der Waals surface area contributed by atoms with Gasteiger partial charge in [-0.1, -0.05) is 54.6 Å². The largest absolute Gasteiger partial charge is 0.495 e. The zero-order valence-corrected chi connectivity index (χ0v) is 23.6. The molecule has 1 unspecified atom stereocenters. The Morgan fingerprint density at radius 3 is 2.27 bits per heavy atom. The average molecular weight is 626 g/mol. The van der Waals surface area contributed by atoms with E-state index < -0.39 is 42.3 Å². The van der Waals surface area contributed by atoms with E-state index in [1.165, 1.54) is 30.3 Å². The van der Waals surface area contributed by atoms with Crippen molar-refractivity contribution in [1.82, 2.24) is 10.3 Å². The number of anilines is 1. The lowest BCUT2D eigenvalue weighted by Gasteiger charge is -2.20. The summed E-state index contributed by atoms with van der Waals surface area (Å²) in [6.45, 7) is 1.00. The molecule has 0 aliphatic heterocycles. The van der Waals surface area contributed by atoms with Crippen molar-refractivity contribution in [2.45, 2.75) is 25.1 Å². The first kappa shape index (κ1) is 32.5. The first-order valence-corrected chi connectivity index (χ1v) is 13.6. The van der Waals surface area contributed by atoms with Crippen LogP contribution in [0.1, 0.15) is 34.8 Å². The number of nitrogens with one attached hydrogen (secondary N) is 2. The summed E-state index contributed by atoms with van der Waals surface area (Å²) in [7, 11) is 0. The maximum atomic E-state index is 15.7. The predicted octanol–water partition coefficient (Wildman–Crippen LogP) is 6.19. The van der Waals surface area contributed by atoms with Crippen LogP contribution in [0.3, 0.4) is 0 Å². The lowest BCUT2D eigenvalue weighted by molar-refractivity contribution is -0.286. The number of amides is 1. The molecule has 9 nitrogen and oxygen atoms in total. The highest BCUT2D eigenvalue weighted by Crippen LogP contribution is 2.30. The van der Waals surface area contributed by atoms with Crippen LogP contribution in [-0.4, -0.2) is 42.2 Å². The van der Waals surface area contributed by atoms with Gasteiger partial charge >= 0.3 is 18.1 Å². The van der Waals surface area contributed by atoms with Crippen LogP contribution in [0, 0.1) is 5.82 Å². The lowest BCUT2D eigenvalue weighted by Crippen LogP contribution is -2.32. The van der Waals surface area contributed by atoms with E-state index in [4.69, 9.17) is 4.74 Å². The summed E-state index contributed by atoms with van der Waals surface area (Å²) in [5, 5.41) is 5.67. The van der Waals surface area contributed by atoms with Gasteiger partial charge in [0.25, 0.3) is 5.91 Å². The summed E-state index contributed by atoms with van der Waals surface area (Å²) in [6.07, 6.45) is -3.92. The number of alkyl halides is 3. The summed E-state index contributed by atoms with van der Waals surface area (Å²) in [5.41, 5.74) is 0.636. The van der Waals surface area contributed by atoms with Gasteiger partial charge in [0.05, 0.1) is 19.1 Å². The first-order valence-electron chi connectivity index (χ1n) is 13.6. The highest BCUT2D eigenvalue weighted by molar-refractivity contribution is 5.95. The summed E-state index contributed by atoms with van der Waals surface area (Å²) < 4.78 is 58.8. The number of hydrogen-bond donors (Lipinski definition) is 2. The van der Waals surface area contributed by atoms with Crippen LogP contribution in [0.5, 0.6) is 5.75 Å². The number of halogens is 4. The molecule has 234 valence electrons. The van der Waals surface area contributed by atoms with E-state index in [2.05, 4.69) is 25.4 Å². The minimum Gasteiger partial charge on any atom is -0.494 e. The van der Waals surface area contributed by atoms with Gasteiger partial charge in [0, 0.05) is 29.4 Å². The molecular weight excluding hydrogens is 598 g/mol. The Labute approximate surface area is 255 Å². The Hall–Kier alpha value is -5.46. The summed E-state index contributed by atoms with van der Waals surface area (Å²) in [4.78, 5) is 48.2. The number of carbonyl (C=O) groups is 3. The average Bonchev–Trinajstić information content (AvgIpc) is 3.04. The quantitative estimate of drug-likeness (QED) is 0.0829. The molecule has 0 aliphatic carbocycles. The van der Waals surface area contributed by atoms with Gasteiger partial charge in [-0.15, -0.1) is 0 Å². The van der Waals surface area contributed by atoms with E-state index in [1.807, 2.05) is 18.2 Å². The van der Waals surface area contributed by atoms with Gasteiger partial charge in [0.15, 0.2) is 0 Å². The Morgan fingerprint density at radius 2 is 1.58 bits per heavy atom. The number of benzene rings is 3. The Balaban J connectivity index is 1.43. The van der Waals surface area contributed by atoms with Crippen molar-refractivity contribution in [1.29, 1.82) is 0 Å². The molecule has 3 aromatic carbocycles. The molecule has 0 radical (unpaired) electrons. The van der Waals surface area contributed by atoms with Crippen molar-refractivity contribution in [2.24, 2.45) is 0 Å². The van der Waals surface area contributed by atoms with Gasteiger partial charge in [0.2, 0.25) is 0 Å². The Bertz CT molecular complexity index is 1590. The normalized spacial score (nSPS) is 11.6. The third kappa shape index (κ3) is 9.51. The van der Waals surface area contributed by atoms with Crippen LogP contribution in [0.25, 0.3) is 11.1 Å². The molecule has 13 heteroatoms. The number of carbonyl (C=O) groups excluding carboxylic acids is 3. The van der Waals surface area contributed by atoms with Crippen molar-refractivity contribution in [3.8, 4) is 16.9 Å². The molecule has 4 aromatic rings. The zero-order valence-electron chi connectivity index (χ0n) is 23.6. The second kappa shape index (κ2) is 15.3. The second-order valence-electron chi connectivity index (χ2n) is 9.50. The molecule has 45 heavy (non-hydrogen) atoms. The van der Waals surface area contributed by atoms with Gasteiger partial charge in [-0.25, -0.2) is 28.7 Å². The number of aromatic nitrogens is 1. The van der Waals surface area contributed by atoms with Gasteiger partial charge in [-0.05, 0) is 48.4 Å². The maximum Gasteiger partial charge on any atom is 0.495 e. The fourth-order valence-corrected chi connectivity index (χ4v) is 4.12. The summed E-state index contributed by atoms with van der Waals surface area (Å²) in [6, 6.07) is 22.8.